The number of hydrogen-bond acceptors (Lipinski definition) is 7. The van der Waals surface area contributed by atoms with Crippen LogP contribution in [0.4, 0.5) is 0 Å². The maximum absolute atomic E-state index is 12.7. The van der Waals surface area contributed by atoms with Gasteiger partial charge in [0.1, 0.15) is 19.3 Å². The molecule has 0 bridgehead atoms. The van der Waals surface area contributed by atoms with Crippen LogP contribution in [0.5, 0.6) is 0 Å². The highest BCUT2D eigenvalue weighted by Crippen LogP contribution is 2.38. The Bertz CT molecular complexity index is 1220. The molecule has 0 spiro atoms. The quantitative estimate of drug-likeness (QED) is 0.0197. The summed E-state index contributed by atoms with van der Waals surface area (Å²) in [5.41, 5.74) is 0. The summed E-state index contributed by atoms with van der Waals surface area (Å²) in [6, 6.07) is 0. The minimum Gasteiger partial charge on any atom is -0.756 e. The number of rotatable bonds is 46. The topological polar surface area (TPSA) is 94.1 Å². The summed E-state index contributed by atoms with van der Waals surface area (Å²) in [5, 5.41) is 0. The van der Waals surface area contributed by atoms with E-state index in [0.29, 0.717) is 24.1 Å². The minimum atomic E-state index is -4.55. The van der Waals surface area contributed by atoms with Gasteiger partial charge in [-0.2, -0.15) is 0 Å². The van der Waals surface area contributed by atoms with Crippen LogP contribution in [0.15, 0.2) is 72.9 Å². The second kappa shape index (κ2) is 45.5. The van der Waals surface area contributed by atoms with Gasteiger partial charge in [0.15, 0.2) is 0 Å². The molecule has 2 atom stereocenters. The van der Waals surface area contributed by atoms with Gasteiger partial charge in [0, 0.05) is 13.0 Å². The number of hydrogen-bond donors (Lipinski definition) is 0. The molecule has 9 heteroatoms. The van der Waals surface area contributed by atoms with E-state index in [1.165, 1.54) is 109 Å². The van der Waals surface area contributed by atoms with Gasteiger partial charge in [-0.05, 0) is 57.8 Å². The Balaban J connectivity index is 4.25. The summed E-state index contributed by atoms with van der Waals surface area (Å²) < 4.78 is 34.6. The van der Waals surface area contributed by atoms with Gasteiger partial charge < -0.3 is 27.9 Å². The molecule has 0 aliphatic heterocycles. The van der Waals surface area contributed by atoms with Crippen LogP contribution in [0.3, 0.4) is 0 Å². The first-order valence-corrected chi connectivity index (χ1v) is 26.6. The van der Waals surface area contributed by atoms with Crippen molar-refractivity contribution in [3.05, 3.63) is 72.9 Å². The molecule has 0 rings (SSSR count). The van der Waals surface area contributed by atoms with E-state index in [-0.39, 0.29) is 25.8 Å². The SMILES string of the molecule is CC/C=C\C/C=C\C/C=C\C/C=C\C/C=C\C/C=C\CCCOCC(COP(=O)([O-])OCC[N+](C)(C)C)OC(=O)CCCCCCCCCCCCCCCCCCCCCC. The molecule has 0 fully saturated rings. The molecule has 0 amide bonds. The number of esters is 1. The molecule has 0 saturated carbocycles. The lowest BCUT2D eigenvalue weighted by Gasteiger charge is -2.28. The number of phosphoric ester groups is 1. The lowest BCUT2D eigenvalue weighted by molar-refractivity contribution is -0.870. The molecule has 0 aliphatic carbocycles. The summed E-state index contributed by atoms with van der Waals surface area (Å²) in [5.74, 6) is -0.353. The fourth-order valence-electron chi connectivity index (χ4n) is 6.68. The van der Waals surface area contributed by atoms with Crippen molar-refractivity contribution < 1.29 is 37.3 Å². The highest BCUT2D eigenvalue weighted by molar-refractivity contribution is 7.45. The van der Waals surface area contributed by atoms with E-state index in [1.807, 2.05) is 21.1 Å². The Morgan fingerprint density at radius 3 is 1.34 bits per heavy atom. The summed E-state index contributed by atoms with van der Waals surface area (Å²) in [6.45, 7) is 5.15. The van der Waals surface area contributed by atoms with Gasteiger partial charge in [-0.1, -0.05) is 209 Å². The van der Waals surface area contributed by atoms with Crippen LogP contribution in [0.1, 0.15) is 200 Å². The molecule has 0 N–H and O–H groups in total. The van der Waals surface area contributed by atoms with Crippen molar-refractivity contribution >= 4 is 13.8 Å². The van der Waals surface area contributed by atoms with Gasteiger partial charge in [-0.3, -0.25) is 9.36 Å². The van der Waals surface area contributed by atoms with E-state index in [2.05, 4.69) is 86.8 Å². The highest BCUT2D eigenvalue weighted by atomic mass is 31.2. The van der Waals surface area contributed by atoms with Crippen LogP contribution in [-0.2, 0) is 27.9 Å². The third kappa shape index (κ3) is 49.0. The van der Waals surface area contributed by atoms with E-state index in [4.69, 9.17) is 18.5 Å². The molecule has 360 valence electrons. The molecule has 0 radical (unpaired) electrons. The molecule has 0 saturated heterocycles. The average molecular weight is 890 g/mol. The Hall–Kier alpha value is -2.06. The van der Waals surface area contributed by atoms with Crippen molar-refractivity contribution in [3.63, 3.8) is 0 Å². The molecule has 0 aromatic carbocycles. The largest absolute Gasteiger partial charge is 0.756 e. The smallest absolute Gasteiger partial charge is 0.306 e. The zero-order valence-corrected chi connectivity index (χ0v) is 41.7. The first-order valence-electron chi connectivity index (χ1n) is 25.2. The number of likely N-dealkylation sites (N-methyl/N-ethyl adjacent to an activating group) is 1. The first kappa shape index (κ1) is 59.9. The van der Waals surface area contributed by atoms with Crippen molar-refractivity contribution in [2.24, 2.45) is 0 Å². The molecular weight excluding hydrogens is 794 g/mol. The van der Waals surface area contributed by atoms with Gasteiger partial charge in [0.05, 0.1) is 34.4 Å². The van der Waals surface area contributed by atoms with Crippen LogP contribution < -0.4 is 4.89 Å². The van der Waals surface area contributed by atoms with E-state index in [0.717, 1.165) is 70.6 Å². The Morgan fingerprint density at radius 1 is 0.516 bits per heavy atom. The maximum Gasteiger partial charge on any atom is 0.306 e. The molecule has 2 unspecified atom stereocenters. The molecular formula is C53H96NO7P. The Labute approximate surface area is 383 Å². The number of carbonyl (C=O) groups excluding carboxylic acids is 1. The normalized spacial score (nSPS) is 14.2. The number of allylic oxidation sites excluding steroid dienone is 12. The Kier molecular flexibility index (Phi) is 44.0. The molecule has 0 aromatic rings. The zero-order chi connectivity index (χ0) is 45.5. The summed E-state index contributed by atoms with van der Waals surface area (Å²) in [7, 11) is 1.32. The van der Waals surface area contributed by atoms with Crippen molar-refractivity contribution in [2.75, 3.05) is 54.1 Å². The van der Waals surface area contributed by atoms with Crippen LogP contribution in [0.2, 0.25) is 0 Å². The fraction of sp³-hybridized carbons (Fsp3) is 0.755. The van der Waals surface area contributed by atoms with Gasteiger partial charge >= 0.3 is 5.97 Å². The zero-order valence-electron chi connectivity index (χ0n) is 40.8. The minimum absolute atomic E-state index is 0.0132. The van der Waals surface area contributed by atoms with Gasteiger partial charge in [-0.25, -0.2) is 0 Å². The van der Waals surface area contributed by atoms with Crippen molar-refractivity contribution in [2.45, 2.75) is 206 Å². The van der Waals surface area contributed by atoms with E-state index >= 15 is 0 Å². The van der Waals surface area contributed by atoms with Crippen molar-refractivity contribution in [1.82, 2.24) is 0 Å². The maximum atomic E-state index is 12.7. The number of nitrogens with zero attached hydrogens (tertiary/aromatic N) is 1. The first-order chi connectivity index (χ1) is 30.1. The molecule has 8 nitrogen and oxygen atoms in total. The summed E-state index contributed by atoms with van der Waals surface area (Å²) in [4.78, 5) is 25.2. The molecule has 0 aromatic heterocycles. The van der Waals surface area contributed by atoms with Gasteiger partial charge in [0.2, 0.25) is 0 Å². The molecule has 62 heavy (non-hydrogen) atoms. The average Bonchev–Trinajstić information content (AvgIpc) is 3.23. The number of unbranched alkanes of at least 4 members (excludes halogenated alkanes) is 20. The Morgan fingerprint density at radius 2 is 0.919 bits per heavy atom. The van der Waals surface area contributed by atoms with E-state index in [9.17, 15) is 14.3 Å². The van der Waals surface area contributed by atoms with E-state index in [1.54, 1.807) is 0 Å². The number of carbonyl (C=O) groups is 1. The predicted molar refractivity (Wildman–Crippen MR) is 263 cm³/mol. The van der Waals surface area contributed by atoms with Crippen LogP contribution in [0, 0.1) is 0 Å². The predicted octanol–water partition coefficient (Wildman–Crippen LogP) is 14.8. The second-order valence-corrected chi connectivity index (χ2v) is 19.2. The van der Waals surface area contributed by atoms with E-state index < -0.39 is 13.9 Å². The number of quaternary nitrogens is 1. The monoisotopic (exact) mass is 890 g/mol. The number of ether oxygens (including phenoxy) is 2. The van der Waals surface area contributed by atoms with Crippen LogP contribution >= 0.6 is 7.82 Å². The van der Waals surface area contributed by atoms with Crippen LogP contribution in [-0.4, -0.2) is 70.7 Å². The van der Waals surface area contributed by atoms with Crippen LogP contribution in [0.25, 0.3) is 0 Å². The highest BCUT2D eigenvalue weighted by Gasteiger charge is 2.20. The van der Waals surface area contributed by atoms with Crippen molar-refractivity contribution in [1.29, 1.82) is 0 Å². The lowest BCUT2D eigenvalue weighted by Crippen LogP contribution is -2.37. The standard InChI is InChI=1S/C53H96NO7P/c1-6-8-10-12-14-16-18-20-22-24-26-28-30-32-34-36-38-40-42-44-46-53(55)61-52(51-60-62(56,57)59-49-47-54(3,4)5)50-58-48-45-43-41-39-37-35-33-31-29-27-25-23-21-19-17-15-13-11-9-7-2/h9,11,15,17,21,23,27,29,33,35,39,41,52H,6-8,10,12-14,16,18-20,22,24-26,28,30-32,34,36-38,40,42-51H2,1-5H3/b11-9-,17-15-,23-21-,29-27-,35-33-,41-39-. The van der Waals surface area contributed by atoms with Gasteiger partial charge in [-0.15, -0.1) is 0 Å². The lowest BCUT2D eigenvalue weighted by atomic mass is 10.0. The molecule has 0 heterocycles. The molecule has 0 aliphatic rings. The van der Waals surface area contributed by atoms with Gasteiger partial charge in [0.25, 0.3) is 7.82 Å². The van der Waals surface area contributed by atoms with Crippen molar-refractivity contribution in [3.8, 4) is 0 Å². The third-order valence-corrected chi connectivity index (χ3v) is 11.5. The summed E-state index contributed by atoms with van der Waals surface area (Å²) in [6.07, 6.45) is 59.4. The second-order valence-electron chi connectivity index (χ2n) is 17.8. The third-order valence-electron chi connectivity index (χ3n) is 10.5. The number of phosphoric acid groups is 1. The summed E-state index contributed by atoms with van der Waals surface area (Å²) >= 11 is 0. The fourth-order valence-corrected chi connectivity index (χ4v) is 7.41.